The zero-order valence-electron chi connectivity index (χ0n) is 13.9. The first-order valence-electron chi connectivity index (χ1n) is 7.86. The van der Waals surface area contributed by atoms with Gasteiger partial charge in [0, 0.05) is 17.1 Å². The highest BCUT2D eigenvalue weighted by atomic mass is 35.5. The van der Waals surface area contributed by atoms with Crippen LogP contribution in [0.25, 0.3) is 0 Å². The molecule has 5 heteroatoms. The summed E-state index contributed by atoms with van der Waals surface area (Å²) >= 11 is 7.50. The maximum absolute atomic E-state index is 12.4. The molecule has 1 amide bonds. The van der Waals surface area contributed by atoms with Crippen molar-refractivity contribution < 1.29 is 4.79 Å². The van der Waals surface area contributed by atoms with Gasteiger partial charge in [-0.2, -0.15) is 0 Å². The van der Waals surface area contributed by atoms with Gasteiger partial charge in [0.15, 0.2) is 0 Å². The molecule has 1 N–H and O–H groups in total. The molecule has 0 saturated carbocycles. The Bertz CT molecular complexity index is 647. The van der Waals surface area contributed by atoms with Crippen molar-refractivity contribution >= 4 is 34.5 Å². The van der Waals surface area contributed by atoms with Gasteiger partial charge in [-0.05, 0) is 43.1 Å². The van der Waals surface area contributed by atoms with E-state index in [1.807, 2.05) is 24.1 Å². The van der Waals surface area contributed by atoms with Crippen LogP contribution in [0.1, 0.15) is 29.9 Å². The van der Waals surface area contributed by atoms with E-state index in [1.54, 1.807) is 11.3 Å². The first-order chi connectivity index (χ1) is 11.0. The highest BCUT2D eigenvalue weighted by Gasteiger charge is 2.12. The van der Waals surface area contributed by atoms with Crippen LogP contribution in [0, 0.1) is 0 Å². The number of thiophene rings is 1. The molecular formula is C18H23ClN2OS. The van der Waals surface area contributed by atoms with Gasteiger partial charge in [-0.25, -0.2) is 0 Å². The van der Waals surface area contributed by atoms with Gasteiger partial charge in [-0.1, -0.05) is 43.6 Å². The number of likely N-dealkylation sites (N-methyl/N-ethyl adjacent to an activating group) is 1. The first kappa shape index (κ1) is 18.0. The van der Waals surface area contributed by atoms with Gasteiger partial charge in [0.2, 0.25) is 5.91 Å². The van der Waals surface area contributed by atoms with Gasteiger partial charge in [0.25, 0.3) is 0 Å². The lowest BCUT2D eigenvalue weighted by atomic mass is 10.0. The molecule has 1 aromatic carbocycles. The molecule has 0 spiro atoms. The number of halogens is 1. The Balaban J connectivity index is 1.99. The summed E-state index contributed by atoms with van der Waals surface area (Å²) in [5.74, 6) is 0.0192. The van der Waals surface area contributed by atoms with Crippen LogP contribution >= 0.6 is 22.9 Å². The third-order valence-electron chi connectivity index (χ3n) is 3.73. The third kappa shape index (κ3) is 5.06. The van der Waals surface area contributed by atoms with E-state index in [4.69, 9.17) is 11.6 Å². The van der Waals surface area contributed by atoms with Crippen molar-refractivity contribution in [2.75, 3.05) is 18.9 Å². The molecule has 1 heterocycles. The average Bonchev–Trinajstić information content (AvgIpc) is 2.92. The summed E-state index contributed by atoms with van der Waals surface area (Å²) in [7, 11) is 1.94. The third-order valence-corrected chi connectivity index (χ3v) is 4.95. The van der Waals surface area contributed by atoms with Crippen molar-refractivity contribution in [3.8, 4) is 0 Å². The fraction of sp³-hybridized carbons (Fsp3) is 0.389. The molecule has 1 aromatic heterocycles. The van der Waals surface area contributed by atoms with Crippen LogP contribution in [0.3, 0.4) is 0 Å². The zero-order chi connectivity index (χ0) is 16.8. The lowest BCUT2D eigenvalue weighted by Crippen LogP contribution is -2.30. The SMILES string of the molecule is CCc1cccc(CC)c1NC(=O)CN(C)Cc1ccc(Cl)s1. The van der Waals surface area contributed by atoms with Gasteiger partial charge >= 0.3 is 0 Å². The summed E-state index contributed by atoms with van der Waals surface area (Å²) in [4.78, 5) is 15.5. The van der Waals surface area contributed by atoms with Gasteiger partial charge in [0.1, 0.15) is 0 Å². The molecule has 0 fully saturated rings. The molecule has 2 aromatic rings. The number of hydrogen-bond acceptors (Lipinski definition) is 3. The second-order valence-corrected chi connectivity index (χ2v) is 7.38. The van der Waals surface area contributed by atoms with Crippen LogP contribution in [-0.4, -0.2) is 24.4 Å². The Morgan fingerprint density at radius 2 is 1.83 bits per heavy atom. The Kier molecular flexibility index (Phi) is 6.63. The van der Waals surface area contributed by atoms with E-state index in [1.165, 1.54) is 11.1 Å². The Hall–Kier alpha value is -1.36. The second kappa shape index (κ2) is 8.48. The van der Waals surface area contributed by atoms with Crippen molar-refractivity contribution in [1.82, 2.24) is 4.90 Å². The number of carbonyl (C=O) groups excluding carboxylic acids is 1. The van der Waals surface area contributed by atoms with E-state index in [2.05, 4.69) is 37.4 Å². The lowest BCUT2D eigenvalue weighted by Gasteiger charge is -2.18. The van der Waals surface area contributed by atoms with E-state index >= 15 is 0 Å². The molecule has 0 bridgehead atoms. The molecular weight excluding hydrogens is 328 g/mol. The fourth-order valence-corrected chi connectivity index (χ4v) is 3.75. The smallest absolute Gasteiger partial charge is 0.238 e. The molecule has 2 rings (SSSR count). The number of para-hydroxylation sites is 1. The topological polar surface area (TPSA) is 32.3 Å². The molecule has 0 unspecified atom stereocenters. The largest absolute Gasteiger partial charge is 0.324 e. The number of amides is 1. The lowest BCUT2D eigenvalue weighted by molar-refractivity contribution is -0.117. The Labute approximate surface area is 147 Å². The minimum atomic E-state index is 0.0192. The van der Waals surface area contributed by atoms with E-state index in [0.717, 1.165) is 34.3 Å². The minimum absolute atomic E-state index is 0.0192. The molecule has 0 aliphatic heterocycles. The van der Waals surface area contributed by atoms with Crippen LogP contribution in [0.4, 0.5) is 5.69 Å². The normalized spacial score (nSPS) is 11.0. The van der Waals surface area contributed by atoms with E-state index in [-0.39, 0.29) is 5.91 Å². The molecule has 23 heavy (non-hydrogen) atoms. The number of benzene rings is 1. The van der Waals surface area contributed by atoms with E-state index < -0.39 is 0 Å². The first-order valence-corrected chi connectivity index (χ1v) is 9.06. The Morgan fingerprint density at radius 3 is 2.35 bits per heavy atom. The number of hydrogen-bond donors (Lipinski definition) is 1. The monoisotopic (exact) mass is 350 g/mol. The summed E-state index contributed by atoms with van der Waals surface area (Å²) in [5.41, 5.74) is 3.35. The molecule has 0 radical (unpaired) electrons. The average molecular weight is 351 g/mol. The Morgan fingerprint density at radius 1 is 1.17 bits per heavy atom. The molecule has 0 saturated heterocycles. The minimum Gasteiger partial charge on any atom is -0.324 e. The van der Waals surface area contributed by atoms with Crippen LogP contribution in [0.5, 0.6) is 0 Å². The molecule has 0 atom stereocenters. The fourth-order valence-electron chi connectivity index (χ4n) is 2.59. The van der Waals surface area contributed by atoms with Crippen molar-refractivity contribution in [3.63, 3.8) is 0 Å². The van der Waals surface area contributed by atoms with Crippen molar-refractivity contribution in [2.24, 2.45) is 0 Å². The number of nitrogens with one attached hydrogen (secondary N) is 1. The molecule has 3 nitrogen and oxygen atoms in total. The quantitative estimate of drug-likeness (QED) is 0.791. The van der Waals surface area contributed by atoms with Crippen LogP contribution in [0.2, 0.25) is 4.34 Å². The standard InChI is InChI=1S/C18H23ClN2OS/c1-4-13-7-6-8-14(5-2)18(13)20-17(22)12-21(3)11-15-9-10-16(19)23-15/h6-10H,4-5,11-12H2,1-3H3,(H,20,22). The van der Waals surface area contributed by atoms with Crippen LogP contribution in [-0.2, 0) is 24.2 Å². The van der Waals surface area contributed by atoms with Crippen LogP contribution in [0.15, 0.2) is 30.3 Å². The predicted octanol–water partition coefficient (Wildman–Crippen LogP) is 4.60. The summed E-state index contributed by atoms with van der Waals surface area (Å²) in [6.07, 6.45) is 1.82. The molecule has 124 valence electrons. The zero-order valence-corrected chi connectivity index (χ0v) is 15.4. The second-order valence-electron chi connectivity index (χ2n) is 5.58. The van der Waals surface area contributed by atoms with E-state index in [0.29, 0.717) is 6.54 Å². The number of anilines is 1. The summed E-state index contributed by atoms with van der Waals surface area (Å²) in [6.45, 7) is 5.30. The van der Waals surface area contributed by atoms with Gasteiger partial charge in [-0.15, -0.1) is 11.3 Å². The summed E-state index contributed by atoms with van der Waals surface area (Å²) in [5, 5.41) is 3.10. The van der Waals surface area contributed by atoms with Gasteiger partial charge in [-0.3, -0.25) is 9.69 Å². The van der Waals surface area contributed by atoms with Crippen molar-refractivity contribution in [1.29, 1.82) is 0 Å². The molecule has 0 aliphatic rings. The maximum Gasteiger partial charge on any atom is 0.238 e. The number of carbonyl (C=O) groups is 1. The van der Waals surface area contributed by atoms with Crippen molar-refractivity contribution in [3.05, 3.63) is 50.7 Å². The van der Waals surface area contributed by atoms with Crippen molar-refractivity contribution in [2.45, 2.75) is 33.2 Å². The number of nitrogens with zero attached hydrogens (tertiary/aromatic N) is 1. The number of aryl methyl sites for hydroxylation is 2. The predicted molar refractivity (Wildman–Crippen MR) is 99.5 cm³/mol. The highest BCUT2D eigenvalue weighted by Crippen LogP contribution is 2.23. The van der Waals surface area contributed by atoms with E-state index in [9.17, 15) is 4.79 Å². The number of rotatable bonds is 7. The summed E-state index contributed by atoms with van der Waals surface area (Å²) < 4.78 is 0.780. The van der Waals surface area contributed by atoms with Gasteiger partial charge < -0.3 is 5.32 Å². The highest BCUT2D eigenvalue weighted by molar-refractivity contribution is 7.16. The summed E-state index contributed by atoms with van der Waals surface area (Å²) in [6, 6.07) is 10.1. The molecule has 0 aliphatic carbocycles. The van der Waals surface area contributed by atoms with Gasteiger partial charge in [0.05, 0.1) is 10.9 Å². The maximum atomic E-state index is 12.4. The van der Waals surface area contributed by atoms with Crippen LogP contribution < -0.4 is 5.32 Å².